The second-order valence-electron chi connectivity index (χ2n) is 3.55. The molecule has 18 heavy (non-hydrogen) atoms. The van der Waals surface area contributed by atoms with E-state index in [0.29, 0.717) is 17.2 Å². The van der Waals surface area contributed by atoms with E-state index in [9.17, 15) is 9.59 Å². The zero-order valence-corrected chi connectivity index (χ0v) is 9.78. The van der Waals surface area contributed by atoms with Crippen LogP contribution in [-0.4, -0.2) is 32.3 Å². The Morgan fingerprint density at radius 1 is 1.28 bits per heavy atom. The number of carbonyl (C=O) groups is 2. The van der Waals surface area contributed by atoms with Crippen molar-refractivity contribution >= 4 is 17.6 Å². The van der Waals surface area contributed by atoms with Crippen LogP contribution >= 0.6 is 0 Å². The topological polar surface area (TPSA) is 88.7 Å². The van der Waals surface area contributed by atoms with Crippen LogP contribution in [0.1, 0.15) is 0 Å². The van der Waals surface area contributed by atoms with Crippen molar-refractivity contribution in [2.24, 2.45) is 0 Å². The summed E-state index contributed by atoms with van der Waals surface area (Å²) in [5.41, 5.74) is 0.564. The molecule has 7 nitrogen and oxygen atoms in total. The average Bonchev–Trinajstić information content (AvgIpc) is 2.83. The second kappa shape index (κ2) is 5.26. The van der Waals surface area contributed by atoms with Gasteiger partial charge in [-0.05, 0) is 12.1 Å². The Labute approximate surface area is 103 Å². The van der Waals surface area contributed by atoms with Crippen LogP contribution in [-0.2, 0) is 4.79 Å². The van der Waals surface area contributed by atoms with Gasteiger partial charge in [0.25, 0.3) is 0 Å². The van der Waals surface area contributed by atoms with E-state index in [-0.39, 0.29) is 19.2 Å². The molecular formula is C11H13N3O4. The molecular weight excluding hydrogens is 238 g/mol. The van der Waals surface area contributed by atoms with Gasteiger partial charge in [0.1, 0.15) is 0 Å². The number of anilines is 1. The molecule has 0 aromatic heterocycles. The summed E-state index contributed by atoms with van der Waals surface area (Å²) in [5.74, 6) is 0.959. The van der Waals surface area contributed by atoms with Crippen LogP contribution in [0.3, 0.4) is 0 Å². The molecule has 3 N–H and O–H groups in total. The number of fused-ring (bicyclic) bond motifs is 1. The zero-order chi connectivity index (χ0) is 13.0. The summed E-state index contributed by atoms with van der Waals surface area (Å²) in [7, 11) is 1.50. The number of carbonyl (C=O) groups excluding carboxylic acids is 2. The first-order valence-corrected chi connectivity index (χ1v) is 5.34. The van der Waals surface area contributed by atoms with Crippen LogP contribution < -0.4 is 25.4 Å². The first-order valence-electron chi connectivity index (χ1n) is 5.34. The number of benzene rings is 1. The summed E-state index contributed by atoms with van der Waals surface area (Å²) in [4.78, 5) is 22.4. The highest BCUT2D eigenvalue weighted by Gasteiger charge is 2.14. The fraction of sp³-hybridized carbons (Fsp3) is 0.273. The maximum Gasteiger partial charge on any atom is 0.319 e. The number of amides is 3. The molecule has 1 aliphatic rings. The average molecular weight is 251 g/mol. The minimum Gasteiger partial charge on any atom is -0.454 e. The van der Waals surface area contributed by atoms with E-state index in [2.05, 4.69) is 16.0 Å². The van der Waals surface area contributed by atoms with Gasteiger partial charge in [-0.15, -0.1) is 0 Å². The number of likely N-dealkylation sites (N-methyl/N-ethyl adjacent to an activating group) is 1. The molecule has 0 atom stereocenters. The molecule has 1 heterocycles. The number of rotatable bonds is 3. The molecule has 3 amide bonds. The molecule has 0 saturated carbocycles. The Kier molecular flexibility index (Phi) is 3.52. The van der Waals surface area contributed by atoms with Gasteiger partial charge in [0, 0.05) is 18.8 Å². The lowest BCUT2D eigenvalue weighted by molar-refractivity contribution is -0.119. The zero-order valence-electron chi connectivity index (χ0n) is 9.78. The van der Waals surface area contributed by atoms with Crippen molar-refractivity contribution in [2.75, 3.05) is 25.7 Å². The Hall–Kier alpha value is -2.44. The standard InChI is InChI=1S/C11H13N3O4/c1-12-10(15)5-13-11(16)14-7-2-3-8-9(4-7)18-6-17-8/h2-4H,5-6H2,1H3,(H,12,15)(H2,13,14,16). The molecule has 0 unspecified atom stereocenters. The summed E-state index contributed by atoms with van der Waals surface area (Å²) >= 11 is 0. The third-order valence-electron chi connectivity index (χ3n) is 2.32. The smallest absolute Gasteiger partial charge is 0.319 e. The van der Waals surface area contributed by atoms with E-state index < -0.39 is 6.03 Å². The number of ether oxygens (including phenoxy) is 2. The summed E-state index contributed by atoms with van der Waals surface area (Å²) in [6, 6.07) is 4.59. The number of nitrogens with one attached hydrogen (secondary N) is 3. The van der Waals surface area contributed by atoms with Crippen LogP contribution in [0.2, 0.25) is 0 Å². The third kappa shape index (κ3) is 2.82. The van der Waals surface area contributed by atoms with Gasteiger partial charge in [0.15, 0.2) is 11.5 Å². The molecule has 0 spiro atoms. The first kappa shape index (κ1) is 12.0. The molecule has 0 aliphatic carbocycles. The van der Waals surface area contributed by atoms with Crippen LogP contribution in [0.4, 0.5) is 10.5 Å². The minimum atomic E-state index is -0.461. The van der Waals surface area contributed by atoms with Gasteiger partial charge in [0.05, 0.1) is 6.54 Å². The summed E-state index contributed by atoms with van der Waals surface area (Å²) in [6.07, 6.45) is 0. The molecule has 96 valence electrons. The quantitative estimate of drug-likeness (QED) is 0.720. The van der Waals surface area contributed by atoms with Crippen molar-refractivity contribution < 1.29 is 19.1 Å². The monoisotopic (exact) mass is 251 g/mol. The van der Waals surface area contributed by atoms with Gasteiger partial charge < -0.3 is 25.4 Å². The number of urea groups is 1. The lowest BCUT2D eigenvalue weighted by Gasteiger charge is -2.07. The minimum absolute atomic E-state index is 0.0765. The molecule has 0 bridgehead atoms. The van der Waals surface area contributed by atoms with Gasteiger partial charge in [-0.1, -0.05) is 0 Å². The van der Waals surface area contributed by atoms with Crippen molar-refractivity contribution in [2.45, 2.75) is 0 Å². The Bertz CT molecular complexity index is 475. The largest absolute Gasteiger partial charge is 0.454 e. The van der Waals surface area contributed by atoms with Crippen molar-refractivity contribution in [3.63, 3.8) is 0 Å². The molecule has 0 radical (unpaired) electrons. The van der Waals surface area contributed by atoms with Crippen LogP contribution in [0.5, 0.6) is 11.5 Å². The third-order valence-corrected chi connectivity index (χ3v) is 2.32. The van der Waals surface area contributed by atoms with Gasteiger partial charge in [-0.2, -0.15) is 0 Å². The van der Waals surface area contributed by atoms with Gasteiger partial charge in [-0.3, -0.25) is 4.79 Å². The van der Waals surface area contributed by atoms with E-state index in [1.807, 2.05) is 0 Å². The normalized spacial score (nSPS) is 11.8. The van der Waals surface area contributed by atoms with Gasteiger partial charge in [0.2, 0.25) is 12.7 Å². The summed E-state index contributed by atoms with van der Waals surface area (Å²) < 4.78 is 10.3. The predicted molar refractivity (Wildman–Crippen MR) is 63.7 cm³/mol. The Morgan fingerprint density at radius 2 is 2.06 bits per heavy atom. The van der Waals surface area contributed by atoms with E-state index in [1.54, 1.807) is 18.2 Å². The van der Waals surface area contributed by atoms with Crippen molar-refractivity contribution in [3.8, 4) is 11.5 Å². The second-order valence-corrected chi connectivity index (χ2v) is 3.55. The van der Waals surface area contributed by atoms with E-state index in [0.717, 1.165) is 0 Å². The molecule has 0 saturated heterocycles. The van der Waals surface area contributed by atoms with Crippen LogP contribution in [0.25, 0.3) is 0 Å². The van der Waals surface area contributed by atoms with Crippen LogP contribution in [0.15, 0.2) is 18.2 Å². The predicted octanol–water partition coefficient (Wildman–Crippen LogP) is 0.283. The van der Waals surface area contributed by atoms with E-state index in [4.69, 9.17) is 9.47 Å². The lowest BCUT2D eigenvalue weighted by atomic mass is 10.3. The summed E-state index contributed by atoms with van der Waals surface area (Å²) in [6.45, 7) is 0.106. The SMILES string of the molecule is CNC(=O)CNC(=O)Nc1ccc2c(c1)OCO2. The Morgan fingerprint density at radius 3 is 2.83 bits per heavy atom. The Balaban J connectivity index is 1.89. The van der Waals surface area contributed by atoms with Gasteiger partial charge in [-0.25, -0.2) is 4.79 Å². The van der Waals surface area contributed by atoms with Crippen LogP contribution in [0, 0.1) is 0 Å². The fourth-order valence-electron chi connectivity index (χ4n) is 1.40. The van der Waals surface area contributed by atoms with E-state index in [1.165, 1.54) is 7.05 Å². The molecule has 1 aromatic carbocycles. The molecule has 0 fully saturated rings. The first-order chi connectivity index (χ1) is 8.69. The molecule has 2 rings (SSSR count). The van der Waals surface area contributed by atoms with Crippen molar-refractivity contribution in [1.82, 2.24) is 10.6 Å². The highest BCUT2D eigenvalue weighted by Crippen LogP contribution is 2.34. The lowest BCUT2D eigenvalue weighted by Crippen LogP contribution is -2.37. The highest BCUT2D eigenvalue weighted by atomic mass is 16.7. The summed E-state index contributed by atoms with van der Waals surface area (Å²) in [5, 5.41) is 7.40. The maximum atomic E-state index is 11.5. The molecule has 1 aromatic rings. The number of hydrogen-bond acceptors (Lipinski definition) is 4. The fourth-order valence-corrected chi connectivity index (χ4v) is 1.40. The van der Waals surface area contributed by atoms with Crippen molar-refractivity contribution in [1.29, 1.82) is 0 Å². The molecule has 7 heteroatoms. The highest BCUT2D eigenvalue weighted by molar-refractivity contribution is 5.92. The maximum absolute atomic E-state index is 11.5. The van der Waals surface area contributed by atoms with Gasteiger partial charge >= 0.3 is 6.03 Å². The van der Waals surface area contributed by atoms with Crippen molar-refractivity contribution in [3.05, 3.63) is 18.2 Å². The number of hydrogen-bond donors (Lipinski definition) is 3. The molecule has 1 aliphatic heterocycles. The van der Waals surface area contributed by atoms with E-state index >= 15 is 0 Å².